The highest BCUT2D eigenvalue weighted by Crippen LogP contribution is 2.24. The third-order valence-corrected chi connectivity index (χ3v) is 5.23. The summed E-state index contributed by atoms with van der Waals surface area (Å²) in [6.45, 7) is 1.30. The van der Waals surface area contributed by atoms with Crippen LogP contribution >= 0.6 is 0 Å². The average Bonchev–Trinajstić information content (AvgIpc) is 3.08. The van der Waals surface area contributed by atoms with E-state index in [1.165, 1.54) is 0 Å². The Bertz CT molecular complexity index is 1160. The Hall–Kier alpha value is -3.12. The summed E-state index contributed by atoms with van der Waals surface area (Å²) in [6, 6.07) is 8.39. The van der Waals surface area contributed by atoms with Crippen molar-refractivity contribution in [1.82, 2.24) is 9.71 Å². The lowest BCUT2D eigenvalue weighted by Crippen LogP contribution is -2.32. The molecule has 2 N–H and O–H groups in total. The number of hydrogen-bond acceptors (Lipinski definition) is 6. The number of nitrogens with one attached hydrogen (secondary N) is 2. The molecule has 8 nitrogen and oxygen atoms in total. The number of aromatic nitrogens is 1. The van der Waals surface area contributed by atoms with Crippen molar-refractivity contribution in [2.75, 3.05) is 11.9 Å². The highest BCUT2D eigenvalue weighted by molar-refractivity contribution is 7.89. The number of carbonyl (C=O) groups excluding carboxylic acids is 1. The molecular weight excluding hydrogens is 427 g/mol. The van der Waals surface area contributed by atoms with Crippen molar-refractivity contribution in [3.63, 3.8) is 0 Å². The number of anilines is 1. The van der Waals surface area contributed by atoms with E-state index in [-0.39, 0.29) is 4.90 Å². The van der Waals surface area contributed by atoms with Crippen LogP contribution in [0.2, 0.25) is 0 Å². The summed E-state index contributed by atoms with van der Waals surface area (Å²) in [5.74, 6) is -0.657. The van der Waals surface area contributed by atoms with Crippen LogP contribution in [0.3, 0.4) is 0 Å². The summed E-state index contributed by atoms with van der Waals surface area (Å²) < 4.78 is 72.2. The lowest BCUT2D eigenvalue weighted by Gasteiger charge is -2.10. The number of benzene rings is 2. The molecule has 0 spiro atoms. The number of oxazole rings is 1. The third-order valence-electron chi connectivity index (χ3n) is 3.81. The van der Waals surface area contributed by atoms with E-state index in [2.05, 4.69) is 19.8 Å². The minimum Gasteiger partial charge on any atom is -0.441 e. The maximum absolute atomic E-state index is 12.2. The number of hydrogen-bond donors (Lipinski definition) is 2. The summed E-state index contributed by atoms with van der Waals surface area (Å²) in [5, 5.41) is 2.53. The monoisotopic (exact) mass is 443 g/mol. The van der Waals surface area contributed by atoms with E-state index in [0.717, 1.165) is 24.3 Å². The van der Waals surface area contributed by atoms with Crippen LogP contribution in [0.5, 0.6) is 5.75 Å². The number of fused-ring (bicyclic) bond motifs is 1. The number of carbonyl (C=O) groups is 1. The van der Waals surface area contributed by atoms with Crippen LogP contribution in [0.25, 0.3) is 11.1 Å². The minimum absolute atomic E-state index is 0.319. The van der Waals surface area contributed by atoms with Crippen molar-refractivity contribution in [2.24, 2.45) is 0 Å². The number of sulfonamides is 1. The van der Waals surface area contributed by atoms with Gasteiger partial charge in [0.05, 0.1) is 11.4 Å². The van der Waals surface area contributed by atoms with E-state index >= 15 is 0 Å². The summed E-state index contributed by atoms with van der Waals surface area (Å²) >= 11 is 0. The Morgan fingerprint density at radius 3 is 2.50 bits per heavy atom. The van der Waals surface area contributed by atoms with Crippen molar-refractivity contribution in [2.45, 2.75) is 24.6 Å². The molecule has 0 atom stereocenters. The van der Waals surface area contributed by atoms with Crippen LogP contribution in [0, 0.1) is 0 Å². The molecular formula is C18H16F3N3O5S. The second-order valence-electron chi connectivity index (χ2n) is 6.04. The Kier molecular flexibility index (Phi) is 5.99. The SMILES string of the molecule is CCc1nc2cc(NC(=O)CNS(=O)(=O)c3ccc(OC(F)(F)F)cc3)ccc2o1. The van der Waals surface area contributed by atoms with Gasteiger partial charge in [0, 0.05) is 12.1 Å². The van der Waals surface area contributed by atoms with Crippen molar-refractivity contribution >= 4 is 32.7 Å². The smallest absolute Gasteiger partial charge is 0.441 e. The Morgan fingerprint density at radius 1 is 1.17 bits per heavy atom. The third kappa shape index (κ3) is 5.48. The van der Waals surface area contributed by atoms with Crippen molar-refractivity contribution in [3.8, 4) is 5.75 Å². The van der Waals surface area contributed by atoms with E-state index in [1.807, 2.05) is 6.92 Å². The predicted octanol–water partition coefficient (Wildman–Crippen LogP) is 3.21. The first-order chi connectivity index (χ1) is 14.1. The number of rotatable bonds is 7. The zero-order valence-corrected chi connectivity index (χ0v) is 16.3. The van der Waals surface area contributed by atoms with Crippen molar-refractivity contribution < 1.29 is 35.5 Å². The number of alkyl halides is 3. The topological polar surface area (TPSA) is 111 Å². The van der Waals surface area contributed by atoms with Crippen molar-refractivity contribution in [3.05, 3.63) is 48.4 Å². The van der Waals surface area contributed by atoms with Crippen molar-refractivity contribution in [1.29, 1.82) is 0 Å². The molecule has 0 radical (unpaired) electrons. The Labute approximate surface area is 169 Å². The predicted molar refractivity (Wildman–Crippen MR) is 100 cm³/mol. The maximum Gasteiger partial charge on any atom is 0.573 e. The van der Waals surface area contributed by atoms with Gasteiger partial charge in [0.15, 0.2) is 11.5 Å². The van der Waals surface area contributed by atoms with Gasteiger partial charge in [-0.05, 0) is 42.5 Å². The van der Waals surface area contributed by atoms with E-state index in [1.54, 1.807) is 18.2 Å². The highest BCUT2D eigenvalue weighted by Gasteiger charge is 2.31. The summed E-state index contributed by atoms with van der Waals surface area (Å²) in [7, 11) is -4.12. The van der Waals surface area contributed by atoms with Gasteiger partial charge in [-0.2, -0.15) is 0 Å². The van der Waals surface area contributed by atoms with Crippen LogP contribution in [0.4, 0.5) is 18.9 Å². The lowest BCUT2D eigenvalue weighted by molar-refractivity contribution is -0.274. The van der Waals surface area contributed by atoms with Gasteiger partial charge in [-0.3, -0.25) is 4.79 Å². The zero-order chi connectivity index (χ0) is 21.9. The molecule has 2 aromatic carbocycles. The standard InChI is InChI=1S/C18H16F3N3O5S/c1-2-17-24-14-9-11(3-8-15(14)28-17)23-16(25)10-22-30(26,27)13-6-4-12(5-7-13)29-18(19,20)21/h3-9,22H,2,10H2,1H3,(H,23,25). The molecule has 30 heavy (non-hydrogen) atoms. The molecule has 12 heteroatoms. The molecule has 0 unspecified atom stereocenters. The molecule has 3 rings (SSSR count). The molecule has 1 amide bonds. The Morgan fingerprint density at radius 2 is 1.87 bits per heavy atom. The van der Waals surface area contributed by atoms with Gasteiger partial charge in [0.25, 0.3) is 0 Å². The molecule has 0 aliphatic carbocycles. The van der Waals surface area contributed by atoms with Gasteiger partial charge < -0.3 is 14.5 Å². The fourth-order valence-electron chi connectivity index (χ4n) is 2.47. The van der Waals surface area contributed by atoms with Crippen LogP contribution in [0.15, 0.2) is 51.8 Å². The zero-order valence-electron chi connectivity index (χ0n) is 15.5. The highest BCUT2D eigenvalue weighted by atomic mass is 32.2. The quantitative estimate of drug-likeness (QED) is 0.580. The number of nitrogens with zero attached hydrogens (tertiary/aromatic N) is 1. The first-order valence-electron chi connectivity index (χ1n) is 8.60. The van der Waals surface area contributed by atoms with Crippen LogP contribution in [-0.2, 0) is 21.2 Å². The van der Waals surface area contributed by atoms with Crippen LogP contribution in [-0.4, -0.2) is 32.2 Å². The summed E-state index contributed by atoms with van der Waals surface area (Å²) in [4.78, 5) is 16.0. The molecule has 0 aliphatic heterocycles. The van der Waals surface area contributed by atoms with Gasteiger partial charge in [0.1, 0.15) is 11.3 Å². The van der Waals surface area contributed by atoms with Crippen LogP contribution in [0.1, 0.15) is 12.8 Å². The maximum atomic E-state index is 12.2. The normalized spacial score (nSPS) is 12.1. The van der Waals surface area contributed by atoms with E-state index in [0.29, 0.717) is 29.1 Å². The molecule has 0 saturated carbocycles. The number of amides is 1. The van der Waals surface area contributed by atoms with Gasteiger partial charge in [-0.25, -0.2) is 18.1 Å². The second kappa shape index (κ2) is 8.32. The molecule has 3 aromatic rings. The largest absolute Gasteiger partial charge is 0.573 e. The molecule has 1 aromatic heterocycles. The van der Waals surface area contributed by atoms with Gasteiger partial charge in [0.2, 0.25) is 15.9 Å². The second-order valence-corrected chi connectivity index (χ2v) is 7.80. The average molecular weight is 443 g/mol. The Balaban J connectivity index is 1.60. The summed E-state index contributed by atoms with van der Waals surface area (Å²) in [6.07, 6.45) is -4.27. The molecule has 0 aliphatic rings. The first-order valence-corrected chi connectivity index (χ1v) is 10.1. The van der Waals surface area contributed by atoms with E-state index in [9.17, 15) is 26.4 Å². The van der Waals surface area contributed by atoms with Gasteiger partial charge in [-0.1, -0.05) is 6.92 Å². The minimum atomic E-state index is -4.89. The molecule has 0 fully saturated rings. The first kappa shape index (κ1) is 21.6. The van der Waals surface area contributed by atoms with Crippen LogP contribution < -0.4 is 14.8 Å². The molecule has 0 bridgehead atoms. The van der Waals surface area contributed by atoms with E-state index in [4.69, 9.17) is 4.42 Å². The van der Waals surface area contributed by atoms with Gasteiger partial charge in [-0.15, -0.1) is 13.2 Å². The van der Waals surface area contributed by atoms with E-state index < -0.39 is 34.6 Å². The molecule has 1 heterocycles. The molecule has 160 valence electrons. The van der Waals surface area contributed by atoms with Gasteiger partial charge >= 0.3 is 6.36 Å². The summed E-state index contributed by atoms with van der Waals surface area (Å²) in [5.41, 5.74) is 1.51. The lowest BCUT2D eigenvalue weighted by atomic mass is 10.3. The fraction of sp³-hybridized carbons (Fsp3) is 0.222. The molecule has 0 saturated heterocycles. The fourth-order valence-corrected chi connectivity index (χ4v) is 3.46. The number of halogens is 3. The number of aryl methyl sites for hydroxylation is 1. The number of ether oxygens (including phenoxy) is 1.